The minimum Gasteiger partial charge on any atom is -0.372 e. The van der Waals surface area contributed by atoms with Gasteiger partial charge in [0.05, 0.1) is 13.2 Å². The molecule has 0 saturated heterocycles. The van der Waals surface area contributed by atoms with Crippen LogP contribution < -0.4 is 0 Å². The molecule has 0 amide bonds. The van der Waals surface area contributed by atoms with Gasteiger partial charge in [0.25, 0.3) is 0 Å². The number of hydrogen-bond acceptors (Lipinski definition) is 2. The van der Waals surface area contributed by atoms with Crippen LogP contribution in [0.2, 0.25) is 0 Å². The summed E-state index contributed by atoms with van der Waals surface area (Å²) in [5.74, 6) is 0.167. The first-order chi connectivity index (χ1) is 9.22. The largest absolute Gasteiger partial charge is 0.372 e. The fourth-order valence-corrected chi connectivity index (χ4v) is 2.46. The van der Waals surface area contributed by atoms with Gasteiger partial charge >= 0.3 is 0 Å². The quantitative estimate of drug-likeness (QED) is 0.782. The monoisotopic (exact) mass is 252 g/mol. The first kappa shape index (κ1) is 12.1. The van der Waals surface area contributed by atoms with E-state index in [2.05, 4.69) is 6.07 Å². The molecule has 0 aromatic heterocycles. The van der Waals surface area contributed by atoms with Gasteiger partial charge in [-0.1, -0.05) is 42.0 Å². The standard InChI is InChI=1S/C17H16O2/c1-12-3-2-4-13(7-12)8-17(18)14-5-6-15-10-19-11-16(15)9-14/h2-7,9H,8,10-11H2,1H3. The molecule has 3 rings (SSSR count). The van der Waals surface area contributed by atoms with Gasteiger partial charge in [-0.05, 0) is 29.7 Å². The molecule has 0 atom stereocenters. The Kier molecular flexibility index (Phi) is 3.18. The molecule has 0 N–H and O–H groups in total. The lowest BCUT2D eigenvalue weighted by molar-refractivity contribution is 0.0993. The Hall–Kier alpha value is -1.93. The summed E-state index contributed by atoms with van der Waals surface area (Å²) in [5, 5.41) is 0. The highest BCUT2D eigenvalue weighted by atomic mass is 16.5. The molecule has 1 heterocycles. The van der Waals surface area contributed by atoms with Crippen LogP contribution in [0, 0.1) is 6.92 Å². The second kappa shape index (κ2) is 4.98. The Bertz CT molecular complexity index is 629. The van der Waals surface area contributed by atoms with Gasteiger partial charge in [-0.3, -0.25) is 4.79 Å². The van der Waals surface area contributed by atoms with Crippen LogP contribution >= 0.6 is 0 Å². The van der Waals surface area contributed by atoms with Crippen LogP contribution in [0.1, 0.15) is 32.6 Å². The fourth-order valence-electron chi connectivity index (χ4n) is 2.46. The van der Waals surface area contributed by atoms with Gasteiger partial charge in [-0.25, -0.2) is 0 Å². The number of carbonyl (C=O) groups is 1. The summed E-state index contributed by atoms with van der Waals surface area (Å²) in [6.45, 7) is 3.34. The third-order valence-corrected chi connectivity index (χ3v) is 3.49. The third-order valence-electron chi connectivity index (χ3n) is 3.49. The van der Waals surface area contributed by atoms with E-state index in [0.717, 1.165) is 16.7 Å². The van der Waals surface area contributed by atoms with Gasteiger partial charge in [0, 0.05) is 12.0 Å². The number of benzene rings is 2. The summed E-state index contributed by atoms with van der Waals surface area (Å²) in [5.41, 5.74) is 5.39. The lowest BCUT2D eigenvalue weighted by atomic mass is 9.99. The van der Waals surface area contributed by atoms with E-state index >= 15 is 0 Å². The molecule has 0 bridgehead atoms. The fraction of sp³-hybridized carbons (Fsp3) is 0.235. The molecule has 0 aliphatic carbocycles. The van der Waals surface area contributed by atoms with Crippen molar-refractivity contribution in [2.75, 3.05) is 0 Å². The van der Waals surface area contributed by atoms with E-state index in [0.29, 0.717) is 19.6 Å². The lowest BCUT2D eigenvalue weighted by Crippen LogP contribution is -2.04. The molecule has 2 nitrogen and oxygen atoms in total. The van der Waals surface area contributed by atoms with Crippen molar-refractivity contribution in [3.05, 3.63) is 70.3 Å². The number of ketones is 1. The van der Waals surface area contributed by atoms with E-state index < -0.39 is 0 Å². The van der Waals surface area contributed by atoms with Gasteiger partial charge in [-0.2, -0.15) is 0 Å². The van der Waals surface area contributed by atoms with E-state index in [1.807, 2.05) is 43.3 Å². The number of aryl methyl sites for hydroxylation is 1. The number of hydrogen-bond donors (Lipinski definition) is 0. The second-order valence-electron chi connectivity index (χ2n) is 5.07. The minimum atomic E-state index is 0.167. The van der Waals surface area contributed by atoms with Crippen LogP contribution in [0.25, 0.3) is 0 Å². The maximum Gasteiger partial charge on any atom is 0.167 e. The Labute approximate surface area is 113 Å². The molecule has 19 heavy (non-hydrogen) atoms. The second-order valence-corrected chi connectivity index (χ2v) is 5.07. The zero-order valence-corrected chi connectivity index (χ0v) is 11.0. The zero-order chi connectivity index (χ0) is 13.2. The van der Waals surface area contributed by atoms with Crippen molar-refractivity contribution in [2.45, 2.75) is 26.6 Å². The number of carbonyl (C=O) groups excluding carboxylic acids is 1. The molecule has 96 valence electrons. The van der Waals surface area contributed by atoms with Gasteiger partial charge in [-0.15, -0.1) is 0 Å². The molecule has 2 heteroatoms. The van der Waals surface area contributed by atoms with Crippen LogP contribution in [-0.4, -0.2) is 5.78 Å². The smallest absolute Gasteiger partial charge is 0.167 e. The van der Waals surface area contributed by atoms with E-state index in [4.69, 9.17) is 4.74 Å². The molecule has 2 aromatic rings. The highest BCUT2D eigenvalue weighted by Crippen LogP contribution is 2.21. The third kappa shape index (κ3) is 2.59. The van der Waals surface area contributed by atoms with E-state index in [1.54, 1.807) is 0 Å². The number of fused-ring (bicyclic) bond motifs is 1. The first-order valence-electron chi connectivity index (χ1n) is 6.51. The zero-order valence-electron chi connectivity index (χ0n) is 11.0. The normalized spacial score (nSPS) is 13.3. The number of Topliss-reactive ketones (excluding diaryl/α,β-unsaturated/α-hetero) is 1. The Morgan fingerprint density at radius 1 is 1.11 bits per heavy atom. The highest BCUT2D eigenvalue weighted by Gasteiger charge is 2.14. The average molecular weight is 252 g/mol. The summed E-state index contributed by atoms with van der Waals surface area (Å²) >= 11 is 0. The van der Waals surface area contributed by atoms with Gasteiger partial charge in [0.2, 0.25) is 0 Å². The average Bonchev–Trinajstić information content (AvgIpc) is 2.85. The predicted molar refractivity (Wildman–Crippen MR) is 74.1 cm³/mol. The Morgan fingerprint density at radius 2 is 1.95 bits per heavy atom. The molecule has 2 aromatic carbocycles. The Morgan fingerprint density at radius 3 is 2.79 bits per heavy atom. The van der Waals surface area contributed by atoms with Crippen LogP contribution in [0.15, 0.2) is 42.5 Å². The van der Waals surface area contributed by atoms with Gasteiger partial charge in [0.15, 0.2) is 5.78 Å². The maximum absolute atomic E-state index is 12.3. The summed E-state index contributed by atoms with van der Waals surface area (Å²) < 4.78 is 5.37. The van der Waals surface area contributed by atoms with Crippen molar-refractivity contribution in [2.24, 2.45) is 0 Å². The van der Waals surface area contributed by atoms with Crippen molar-refractivity contribution in [1.29, 1.82) is 0 Å². The predicted octanol–water partition coefficient (Wildman–Crippen LogP) is 3.45. The highest BCUT2D eigenvalue weighted by molar-refractivity contribution is 5.97. The topological polar surface area (TPSA) is 26.3 Å². The minimum absolute atomic E-state index is 0.167. The van der Waals surface area contributed by atoms with E-state index in [1.165, 1.54) is 11.1 Å². The molecule has 0 saturated carbocycles. The van der Waals surface area contributed by atoms with Crippen molar-refractivity contribution >= 4 is 5.78 Å². The van der Waals surface area contributed by atoms with Crippen molar-refractivity contribution in [1.82, 2.24) is 0 Å². The lowest BCUT2D eigenvalue weighted by Gasteiger charge is -2.04. The van der Waals surface area contributed by atoms with Gasteiger partial charge in [0.1, 0.15) is 0 Å². The van der Waals surface area contributed by atoms with Crippen LogP contribution in [0.5, 0.6) is 0 Å². The van der Waals surface area contributed by atoms with Gasteiger partial charge < -0.3 is 4.74 Å². The maximum atomic E-state index is 12.3. The number of rotatable bonds is 3. The van der Waals surface area contributed by atoms with Crippen LogP contribution in [0.4, 0.5) is 0 Å². The molecule has 1 aliphatic rings. The molecule has 0 radical (unpaired) electrons. The van der Waals surface area contributed by atoms with Crippen molar-refractivity contribution in [3.8, 4) is 0 Å². The van der Waals surface area contributed by atoms with E-state index in [9.17, 15) is 4.79 Å². The molecule has 0 unspecified atom stereocenters. The van der Waals surface area contributed by atoms with E-state index in [-0.39, 0.29) is 5.78 Å². The number of ether oxygens (including phenoxy) is 1. The summed E-state index contributed by atoms with van der Waals surface area (Å²) in [7, 11) is 0. The summed E-state index contributed by atoms with van der Waals surface area (Å²) in [4.78, 5) is 12.3. The Balaban J connectivity index is 1.81. The summed E-state index contributed by atoms with van der Waals surface area (Å²) in [6.07, 6.45) is 0.460. The summed E-state index contributed by atoms with van der Waals surface area (Å²) in [6, 6.07) is 14.0. The first-order valence-corrected chi connectivity index (χ1v) is 6.51. The van der Waals surface area contributed by atoms with Crippen molar-refractivity contribution < 1.29 is 9.53 Å². The molecule has 1 aliphatic heterocycles. The SMILES string of the molecule is Cc1cccc(CC(=O)c2ccc3c(c2)COC3)c1. The van der Waals surface area contributed by atoms with Crippen molar-refractivity contribution in [3.63, 3.8) is 0 Å². The van der Waals surface area contributed by atoms with Crippen LogP contribution in [-0.2, 0) is 24.4 Å². The van der Waals surface area contributed by atoms with Crippen LogP contribution in [0.3, 0.4) is 0 Å². The molecular weight excluding hydrogens is 236 g/mol. The molecule has 0 spiro atoms. The molecular formula is C17H16O2. The molecule has 0 fully saturated rings.